The predicted molar refractivity (Wildman–Crippen MR) is 129 cm³/mol. The lowest BCUT2D eigenvalue weighted by Gasteiger charge is -2.31. The first-order valence-corrected chi connectivity index (χ1v) is 12.3. The second-order valence-corrected chi connectivity index (χ2v) is 9.29. The van der Waals surface area contributed by atoms with Crippen molar-refractivity contribution in [2.75, 3.05) is 26.2 Å². The summed E-state index contributed by atoms with van der Waals surface area (Å²) < 4.78 is 0. The molecule has 0 radical (unpaired) electrons. The third-order valence-corrected chi connectivity index (χ3v) is 6.95. The molecule has 0 bridgehead atoms. The van der Waals surface area contributed by atoms with Gasteiger partial charge in [0, 0.05) is 37.7 Å². The zero-order valence-corrected chi connectivity index (χ0v) is 19.3. The van der Waals surface area contributed by atoms with E-state index in [4.69, 9.17) is 0 Å². The molecule has 176 valence electrons. The molecule has 2 aliphatic heterocycles. The number of hydrogen-bond acceptors (Lipinski definition) is 4. The molecule has 2 aliphatic rings. The molecule has 2 fully saturated rings. The van der Waals surface area contributed by atoms with Crippen molar-refractivity contribution >= 4 is 11.8 Å². The number of piperidine rings is 1. The highest BCUT2D eigenvalue weighted by Gasteiger charge is 2.28. The molecule has 0 unspecified atom stereocenters. The van der Waals surface area contributed by atoms with Crippen molar-refractivity contribution in [3.8, 4) is 5.75 Å². The molecular formula is C27H35N3O3. The van der Waals surface area contributed by atoms with E-state index in [0.29, 0.717) is 38.0 Å². The second-order valence-electron chi connectivity index (χ2n) is 9.29. The van der Waals surface area contributed by atoms with Gasteiger partial charge < -0.3 is 15.3 Å². The van der Waals surface area contributed by atoms with Crippen LogP contribution in [0.15, 0.2) is 48.5 Å². The molecule has 2 saturated heterocycles. The number of nitrogens with one attached hydrogen (secondary N) is 1. The molecule has 2 aromatic rings. The van der Waals surface area contributed by atoms with Gasteiger partial charge in [0.05, 0.1) is 0 Å². The van der Waals surface area contributed by atoms with Crippen LogP contribution in [0.5, 0.6) is 5.75 Å². The van der Waals surface area contributed by atoms with Gasteiger partial charge in [0.25, 0.3) is 0 Å². The van der Waals surface area contributed by atoms with Crippen LogP contribution in [-0.2, 0) is 13.1 Å². The maximum atomic E-state index is 12.8. The molecule has 0 aromatic heterocycles. The molecule has 2 amide bonds. The summed E-state index contributed by atoms with van der Waals surface area (Å²) in [6.45, 7) is 4.93. The number of carbonyl (C=O) groups excluding carboxylic acids is 2. The Morgan fingerprint density at radius 1 is 0.848 bits per heavy atom. The van der Waals surface area contributed by atoms with Gasteiger partial charge in [0.1, 0.15) is 5.75 Å². The SMILES string of the molecule is O=C(c1ccc(O)cc1)C1CCN(C(=O)NCc2ccccc2CN2CCCCCC2)CC1. The van der Waals surface area contributed by atoms with Gasteiger partial charge in [-0.1, -0.05) is 37.1 Å². The van der Waals surface area contributed by atoms with E-state index in [2.05, 4.69) is 28.4 Å². The fourth-order valence-electron chi connectivity index (χ4n) is 4.91. The highest BCUT2D eigenvalue weighted by molar-refractivity contribution is 5.98. The van der Waals surface area contributed by atoms with Crippen LogP contribution in [0.25, 0.3) is 0 Å². The topological polar surface area (TPSA) is 72.9 Å². The van der Waals surface area contributed by atoms with Gasteiger partial charge in [-0.3, -0.25) is 9.69 Å². The number of hydrogen-bond donors (Lipinski definition) is 2. The van der Waals surface area contributed by atoms with Crippen LogP contribution in [0.3, 0.4) is 0 Å². The molecular weight excluding hydrogens is 414 g/mol. The number of urea groups is 1. The molecule has 0 spiro atoms. The zero-order valence-electron chi connectivity index (χ0n) is 19.3. The first kappa shape index (κ1) is 23.3. The third kappa shape index (κ3) is 6.35. The van der Waals surface area contributed by atoms with Crippen LogP contribution < -0.4 is 5.32 Å². The van der Waals surface area contributed by atoms with Gasteiger partial charge in [-0.05, 0) is 74.2 Å². The number of nitrogens with zero attached hydrogens (tertiary/aromatic N) is 2. The van der Waals surface area contributed by atoms with Crippen LogP contribution >= 0.6 is 0 Å². The Morgan fingerprint density at radius 2 is 1.48 bits per heavy atom. The number of Topliss-reactive ketones (excluding diaryl/α,β-unsaturated/α-hetero) is 1. The third-order valence-electron chi connectivity index (χ3n) is 6.95. The van der Waals surface area contributed by atoms with Crippen molar-refractivity contribution in [2.24, 2.45) is 5.92 Å². The maximum absolute atomic E-state index is 12.8. The van der Waals surface area contributed by atoms with E-state index in [0.717, 1.165) is 19.6 Å². The molecule has 2 aromatic carbocycles. The van der Waals surface area contributed by atoms with Gasteiger partial charge in [-0.15, -0.1) is 0 Å². The van der Waals surface area contributed by atoms with Crippen molar-refractivity contribution in [1.82, 2.24) is 15.1 Å². The molecule has 2 N–H and O–H groups in total. The molecule has 6 heteroatoms. The largest absolute Gasteiger partial charge is 0.508 e. The fraction of sp³-hybridized carbons (Fsp3) is 0.481. The number of aromatic hydroxyl groups is 1. The summed E-state index contributed by atoms with van der Waals surface area (Å²) in [6, 6.07) is 14.8. The minimum absolute atomic E-state index is 0.0601. The number of phenolic OH excluding ortho intramolecular Hbond substituents is 1. The quantitative estimate of drug-likeness (QED) is 0.634. The van der Waals surface area contributed by atoms with Crippen molar-refractivity contribution in [3.63, 3.8) is 0 Å². The average Bonchev–Trinajstić information content (AvgIpc) is 3.12. The Kier molecular flexibility index (Phi) is 8.00. The second kappa shape index (κ2) is 11.3. The molecule has 0 aliphatic carbocycles. The zero-order chi connectivity index (χ0) is 23.0. The smallest absolute Gasteiger partial charge is 0.317 e. The number of benzene rings is 2. The van der Waals surface area contributed by atoms with Gasteiger partial charge in [0.2, 0.25) is 0 Å². The van der Waals surface area contributed by atoms with E-state index >= 15 is 0 Å². The van der Waals surface area contributed by atoms with E-state index in [1.807, 2.05) is 11.0 Å². The number of likely N-dealkylation sites (tertiary alicyclic amines) is 2. The number of carbonyl (C=O) groups is 2. The van der Waals surface area contributed by atoms with Crippen LogP contribution in [0.1, 0.15) is 60.0 Å². The summed E-state index contributed by atoms with van der Waals surface area (Å²) in [6.07, 6.45) is 6.52. The Bertz CT molecular complexity index is 928. The van der Waals surface area contributed by atoms with Gasteiger partial charge in [0.15, 0.2) is 5.78 Å². The minimum atomic E-state index is -0.0760. The summed E-state index contributed by atoms with van der Waals surface area (Å²) in [5, 5.41) is 12.5. The normalized spacial score (nSPS) is 18.0. The monoisotopic (exact) mass is 449 g/mol. The van der Waals surface area contributed by atoms with Gasteiger partial charge >= 0.3 is 6.03 Å². The van der Waals surface area contributed by atoms with Crippen molar-refractivity contribution in [1.29, 1.82) is 0 Å². The van der Waals surface area contributed by atoms with E-state index in [1.54, 1.807) is 24.3 Å². The molecule has 33 heavy (non-hydrogen) atoms. The summed E-state index contributed by atoms with van der Waals surface area (Å²) in [5.74, 6) is 0.177. The summed E-state index contributed by atoms with van der Waals surface area (Å²) >= 11 is 0. The van der Waals surface area contributed by atoms with E-state index in [-0.39, 0.29) is 23.5 Å². The fourth-order valence-corrected chi connectivity index (χ4v) is 4.91. The predicted octanol–water partition coefficient (Wildman–Crippen LogP) is 4.57. The number of rotatable bonds is 6. The summed E-state index contributed by atoms with van der Waals surface area (Å²) in [4.78, 5) is 29.9. The Labute approximate surface area is 196 Å². The summed E-state index contributed by atoms with van der Waals surface area (Å²) in [5.41, 5.74) is 3.09. The van der Waals surface area contributed by atoms with Crippen molar-refractivity contribution in [3.05, 3.63) is 65.2 Å². The lowest BCUT2D eigenvalue weighted by molar-refractivity contribution is 0.0854. The maximum Gasteiger partial charge on any atom is 0.317 e. The lowest BCUT2D eigenvalue weighted by atomic mass is 9.89. The minimum Gasteiger partial charge on any atom is -0.508 e. The molecule has 6 nitrogen and oxygen atoms in total. The molecule has 0 atom stereocenters. The Balaban J connectivity index is 1.27. The van der Waals surface area contributed by atoms with E-state index < -0.39 is 0 Å². The van der Waals surface area contributed by atoms with Crippen molar-refractivity contribution < 1.29 is 14.7 Å². The Hall–Kier alpha value is -2.86. The first-order chi connectivity index (χ1) is 16.1. The molecule has 4 rings (SSSR count). The van der Waals surface area contributed by atoms with E-state index in [9.17, 15) is 14.7 Å². The highest BCUT2D eigenvalue weighted by Crippen LogP contribution is 2.23. The summed E-state index contributed by atoms with van der Waals surface area (Å²) in [7, 11) is 0. The first-order valence-electron chi connectivity index (χ1n) is 12.3. The van der Waals surface area contributed by atoms with Crippen LogP contribution in [0.2, 0.25) is 0 Å². The Morgan fingerprint density at radius 3 is 2.15 bits per heavy atom. The highest BCUT2D eigenvalue weighted by atomic mass is 16.3. The number of phenols is 1. The van der Waals surface area contributed by atoms with Crippen LogP contribution in [0.4, 0.5) is 4.79 Å². The average molecular weight is 450 g/mol. The molecule has 2 heterocycles. The molecule has 0 saturated carbocycles. The number of ketones is 1. The van der Waals surface area contributed by atoms with Crippen LogP contribution in [0, 0.1) is 5.92 Å². The van der Waals surface area contributed by atoms with Crippen molar-refractivity contribution in [2.45, 2.75) is 51.6 Å². The van der Waals surface area contributed by atoms with Gasteiger partial charge in [-0.25, -0.2) is 4.79 Å². The standard InChI is InChI=1S/C27H35N3O3/c31-25-11-9-21(10-12-25)26(32)22-13-17-30(18-14-22)27(33)28-19-23-7-3-4-8-24(23)20-29-15-5-1-2-6-16-29/h3-4,7-12,22,31H,1-2,5-6,13-20H2,(H,28,33). The number of amides is 2. The van der Waals surface area contributed by atoms with Gasteiger partial charge in [-0.2, -0.15) is 0 Å². The van der Waals surface area contributed by atoms with Crippen LogP contribution in [-0.4, -0.2) is 52.9 Å². The van der Waals surface area contributed by atoms with E-state index in [1.165, 1.54) is 36.8 Å². The lowest BCUT2D eigenvalue weighted by Crippen LogP contribution is -2.45.